The highest BCUT2D eigenvalue weighted by atomic mass is 15.3. The Kier molecular flexibility index (Phi) is 3.29. The van der Waals surface area contributed by atoms with Gasteiger partial charge >= 0.3 is 0 Å². The van der Waals surface area contributed by atoms with Gasteiger partial charge in [-0.15, -0.1) is 0 Å². The Labute approximate surface area is 102 Å². The monoisotopic (exact) mass is 229 g/mol. The molecule has 90 valence electrons. The summed E-state index contributed by atoms with van der Waals surface area (Å²) in [6.07, 6.45) is 0. The van der Waals surface area contributed by atoms with E-state index < -0.39 is 0 Å². The highest BCUT2D eigenvalue weighted by Gasteiger charge is 2.14. The SMILES string of the molecule is Cc1ccccc1-c1c(C)nn(CCN)c1C. The molecule has 0 atom stereocenters. The average Bonchev–Trinajstić information content (AvgIpc) is 2.57. The maximum atomic E-state index is 5.60. The molecule has 0 amide bonds. The fraction of sp³-hybridized carbons (Fsp3) is 0.357. The first kappa shape index (κ1) is 11.9. The number of nitrogens with two attached hydrogens (primary N) is 1. The van der Waals surface area contributed by atoms with E-state index >= 15 is 0 Å². The number of hydrogen-bond donors (Lipinski definition) is 1. The number of hydrogen-bond acceptors (Lipinski definition) is 2. The lowest BCUT2D eigenvalue weighted by atomic mass is 9.99. The van der Waals surface area contributed by atoms with Crippen molar-refractivity contribution in [2.45, 2.75) is 27.3 Å². The van der Waals surface area contributed by atoms with Crippen molar-refractivity contribution in [1.29, 1.82) is 0 Å². The van der Waals surface area contributed by atoms with Crippen molar-refractivity contribution in [2.24, 2.45) is 5.73 Å². The van der Waals surface area contributed by atoms with Crippen molar-refractivity contribution >= 4 is 0 Å². The molecule has 1 heterocycles. The minimum atomic E-state index is 0.620. The summed E-state index contributed by atoms with van der Waals surface area (Å²) in [5.41, 5.74) is 11.7. The highest BCUT2D eigenvalue weighted by molar-refractivity contribution is 5.71. The van der Waals surface area contributed by atoms with Crippen LogP contribution in [-0.2, 0) is 6.54 Å². The molecule has 0 saturated heterocycles. The molecule has 0 saturated carbocycles. The molecule has 0 fully saturated rings. The van der Waals surface area contributed by atoms with E-state index in [2.05, 4.69) is 50.1 Å². The fourth-order valence-electron chi connectivity index (χ4n) is 2.28. The summed E-state index contributed by atoms with van der Waals surface area (Å²) >= 11 is 0. The molecule has 2 N–H and O–H groups in total. The van der Waals surface area contributed by atoms with Crippen LogP contribution in [0, 0.1) is 20.8 Å². The van der Waals surface area contributed by atoms with Crippen LogP contribution in [0.2, 0.25) is 0 Å². The molecule has 1 aromatic heterocycles. The van der Waals surface area contributed by atoms with Crippen LogP contribution in [0.3, 0.4) is 0 Å². The fourth-order valence-corrected chi connectivity index (χ4v) is 2.28. The molecular formula is C14H19N3. The second-order valence-corrected chi connectivity index (χ2v) is 4.37. The Bertz CT molecular complexity index is 526. The number of aryl methyl sites for hydroxylation is 2. The maximum Gasteiger partial charge on any atom is 0.0675 e. The van der Waals surface area contributed by atoms with Gasteiger partial charge in [0.2, 0.25) is 0 Å². The quantitative estimate of drug-likeness (QED) is 0.878. The van der Waals surface area contributed by atoms with E-state index in [-0.39, 0.29) is 0 Å². The number of nitrogens with zero attached hydrogens (tertiary/aromatic N) is 2. The van der Waals surface area contributed by atoms with E-state index in [1.165, 1.54) is 22.4 Å². The third-order valence-electron chi connectivity index (χ3n) is 3.14. The molecule has 1 aromatic carbocycles. The van der Waals surface area contributed by atoms with Crippen LogP contribution in [0.5, 0.6) is 0 Å². The van der Waals surface area contributed by atoms with Gasteiger partial charge in [-0.2, -0.15) is 5.10 Å². The topological polar surface area (TPSA) is 43.8 Å². The van der Waals surface area contributed by atoms with Gasteiger partial charge in [0.15, 0.2) is 0 Å². The summed E-state index contributed by atoms with van der Waals surface area (Å²) < 4.78 is 2.00. The van der Waals surface area contributed by atoms with Gasteiger partial charge in [-0.3, -0.25) is 4.68 Å². The van der Waals surface area contributed by atoms with E-state index in [9.17, 15) is 0 Å². The third-order valence-corrected chi connectivity index (χ3v) is 3.14. The number of rotatable bonds is 3. The predicted molar refractivity (Wildman–Crippen MR) is 70.9 cm³/mol. The van der Waals surface area contributed by atoms with Gasteiger partial charge in [-0.25, -0.2) is 0 Å². The summed E-state index contributed by atoms with van der Waals surface area (Å²) in [6.45, 7) is 7.70. The van der Waals surface area contributed by atoms with Crippen molar-refractivity contribution in [3.63, 3.8) is 0 Å². The van der Waals surface area contributed by atoms with Crippen molar-refractivity contribution < 1.29 is 0 Å². The summed E-state index contributed by atoms with van der Waals surface area (Å²) in [6, 6.07) is 8.42. The van der Waals surface area contributed by atoms with E-state index in [0.717, 1.165) is 12.2 Å². The second-order valence-electron chi connectivity index (χ2n) is 4.37. The first-order chi connectivity index (χ1) is 8.15. The Balaban J connectivity index is 2.56. The van der Waals surface area contributed by atoms with E-state index in [0.29, 0.717) is 6.54 Å². The molecule has 0 aliphatic heterocycles. The molecule has 3 nitrogen and oxygen atoms in total. The van der Waals surface area contributed by atoms with Crippen LogP contribution in [0.25, 0.3) is 11.1 Å². The smallest absolute Gasteiger partial charge is 0.0675 e. The number of benzene rings is 1. The highest BCUT2D eigenvalue weighted by Crippen LogP contribution is 2.29. The van der Waals surface area contributed by atoms with Crippen molar-refractivity contribution in [1.82, 2.24) is 9.78 Å². The second kappa shape index (κ2) is 4.72. The van der Waals surface area contributed by atoms with E-state index in [1.54, 1.807) is 0 Å². The molecule has 0 aliphatic rings. The lowest BCUT2D eigenvalue weighted by Crippen LogP contribution is -2.12. The van der Waals surface area contributed by atoms with Gasteiger partial charge in [0.05, 0.1) is 12.2 Å². The maximum absolute atomic E-state index is 5.60. The van der Waals surface area contributed by atoms with Gasteiger partial charge in [0, 0.05) is 17.8 Å². The zero-order chi connectivity index (χ0) is 12.4. The first-order valence-corrected chi connectivity index (χ1v) is 5.95. The van der Waals surface area contributed by atoms with Gasteiger partial charge in [0.25, 0.3) is 0 Å². The number of aromatic nitrogens is 2. The van der Waals surface area contributed by atoms with Crippen LogP contribution in [0.15, 0.2) is 24.3 Å². The molecule has 3 heteroatoms. The van der Waals surface area contributed by atoms with E-state index in [1.807, 2.05) is 4.68 Å². The summed E-state index contributed by atoms with van der Waals surface area (Å²) in [4.78, 5) is 0. The lowest BCUT2D eigenvalue weighted by molar-refractivity contribution is 0.604. The summed E-state index contributed by atoms with van der Waals surface area (Å²) in [5, 5.41) is 4.55. The predicted octanol–water partition coefficient (Wildman–Crippen LogP) is 2.43. The van der Waals surface area contributed by atoms with E-state index in [4.69, 9.17) is 5.73 Å². The normalized spacial score (nSPS) is 10.8. The molecule has 0 aliphatic carbocycles. The Hall–Kier alpha value is -1.61. The molecule has 0 unspecified atom stereocenters. The van der Waals surface area contributed by atoms with Gasteiger partial charge in [-0.05, 0) is 31.9 Å². The van der Waals surface area contributed by atoms with Gasteiger partial charge in [-0.1, -0.05) is 24.3 Å². The summed E-state index contributed by atoms with van der Waals surface area (Å²) in [7, 11) is 0. The first-order valence-electron chi connectivity index (χ1n) is 5.95. The zero-order valence-corrected chi connectivity index (χ0v) is 10.7. The molecule has 0 spiro atoms. The van der Waals surface area contributed by atoms with Crippen LogP contribution in [0.4, 0.5) is 0 Å². The molecule has 0 radical (unpaired) electrons. The van der Waals surface area contributed by atoms with Crippen molar-refractivity contribution in [3.8, 4) is 11.1 Å². The lowest BCUT2D eigenvalue weighted by Gasteiger charge is -2.07. The standard InChI is InChI=1S/C14H19N3/c1-10-6-4-5-7-13(10)14-11(2)16-17(9-8-15)12(14)3/h4-7H,8-9,15H2,1-3H3. The average molecular weight is 229 g/mol. The Morgan fingerprint density at radius 2 is 1.88 bits per heavy atom. The van der Waals surface area contributed by atoms with Gasteiger partial charge in [0.1, 0.15) is 0 Å². The largest absolute Gasteiger partial charge is 0.329 e. The molecule has 17 heavy (non-hydrogen) atoms. The molecule has 2 aromatic rings. The van der Waals surface area contributed by atoms with Gasteiger partial charge < -0.3 is 5.73 Å². The Morgan fingerprint density at radius 1 is 1.18 bits per heavy atom. The Morgan fingerprint density at radius 3 is 2.53 bits per heavy atom. The van der Waals surface area contributed by atoms with Crippen LogP contribution >= 0.6 is 0 Å². The van der Waals surface area contributed by atoms with Crippen LogP contribution in [0.1, 0.15) is 17.0 Å². The minimum Gasteiger partial charge on any atom is -0.329 e. The van der Waals surface area contributed by atoms with Crippen molar-refractivity contribution in [3.05, 3.63) is 41.2 Å². The zero-order valence-electron chi connectivity index (χ0n) is 10.7. The van der Waals surface area contributed by atoms with Crippen LogP contribution in [-0.4, -0.2) is 16.3 Å². The molecule has 0 bridgehead atoms. The van der Waals surface area contributed by atoms with Crippen molar-refractivity contribution in [2.75, 3.05) is 6.54 Å². The minimum absolute atomic E-state index is 0.620. The molecular weight excluding hydrogens is 210 g/mol. The van der Waals surface area contributed by atoms with Crippen LogP contribution < -0.4 is 5.73 Å². The third kappa shape index (κ3) is 2.11. The molecule has 2 rings (SSSR count). The summed E-state index contributed by atoms with van der Waals surface area (Å²) in [5.74, 6) is 0.